The monoisotopic (exact) mass is 451 g/mol. The summed E-state index contributed by atoms with van der Waals surface area (Å²) in [5.41, 5.74) is 1.49. The summed E-state index contributed by atoms with van der Waals surface area (Å²) in [6.07, 6.45) is 0. The van der Waals surface area contributed by atoms with Crippen LogP contribution in [0.4, 0.5) is 5.69 Å². The lowest BCUT2D eigenvalue weighted by atomic mass is 10.1. The molecule has 0 aliphatic carbocycles. The molecule has 0 unspecified atom stereocenters. The summed E-state index contributed by atoms with van der Waals surface area (Å²) in [5.74, 6) is 0.0229. The van der Waals surface area contributed by atoms with Gasteiger partial charge in [0.2, 0.25) is 0 Å². The molecule has 0 fully saturated rings. The molecule has 0 radical (unpaired) electrons. The maximum atomic E-state index is 12.2. The smallest absolute Gasteiger partial charge is 0.269 e. The first-order chi connectivity index (χ1) is 8.99. The van der Waals surface area contributed by atoms with E-state index in [0.717, 1.165) is 31.0 Å². The van der Waals surface area contributed by atoms with Crippen LogP contribution in [0.15, 0.2) is 22.7 Å². The third kappa shape index (κ3) is 3.51. The van der Waals surface area contributed by atoms with Crippen LogP contribution in [-0.2, 0) is 0 Å². The number of anilines is 1. The van der Waals surface area contributed by atoms with E-state index in [2.05, 4.69) is 53.4 Å². The van der Waals surface area contributed by atoms with E-state index in [1.165, 1.54) is 0 Å². The van der Waals surface area contributed by atoms with Crippen LogP contribution in [0.2, 0.25) is 0 Å². The molecule has 0 spiro atoms. The van der Waals surface area contributed by atoms with Crippen molar-refractivity contribution in [3.63, 3.8) is 0 Å². The molecule has 0 aliphatic heterocycles. The van der Waals surface area contributed by atoms with Crippen molar-refractivity contribution in [2.75, 3.05) is 5.32 Å². The molecule has 0 aliphatic rings. The zero-order valence-corrected chi connectivity index (χ0v) is 14.8. The largest absolute Gasteiger partial charge is 0.321 e. The molecule has 7 heteroatoms. The number of hydrogen-bond donors (Lipinski definition) is 1. The molecule has 0 saturated heterocycles. The van der Waals surface area contributed by atoms with Crippen molar-refractivity contribution < 1.29 is 4.79 Å². The van der Waals surface area contributed by atoms with Crippen LogP contribution in [0.5, 0.6) is 0 Å². The van der Waals surface area contributed by atoms with Crippen LogP contribution in [0.3, 0.4) is 0 Å². The Morgan fingerprint density at radius 1 is 1.47 bits per heavy atom. The number of nitrogens with zero attached hydrogens (tertiary/aromatic N) is 2. The highest BCUT2D eigenvalue weighted by atomic mass is 127. The summed E-state index contributed by atoms with van der Waals surface area (Å²) in [7, 11) is 0. The standard InChI is InChI=1S/C12H11BrIN3OS/c1-6(2)10-11(19-17-16-10)12(18)15-7-3-4-9(14)8(13)5-7/h3-6H,1-2H3,(H,15,18). The predicted octanol–water partition coefficient (Wildman–Crippen LogP) is 4.28. The molecule has 2 rings (SSSR count). The summed E-state index contributed by atoms with van der Waals surface area (Å²) < 4.78 is 5.91. The average Bonchev–Trinajstić information content (AvgIpc) is 2.83. The van der Waals surface area contributed by atoms with E-state index in [0.29, 0.717) is 4.88 Å². The molecular formula is C12H11BrIN3OS. The number of halogens is 2. The second-order valence-electron chi connectivity index (χ2n) is 4.23. The Bertz CT molecular complexity index is 615. The predicted molar refractivity (Wildman–Crippen MR) is 88.8 cm³/mol. The Labute approximate surface area is 137 Å². The highest BCUT2D eigenvalue weighted by Crippen LogP contribution is 2.25. The Morgan fingerprint density at radius 2 is 2.21 bits per heavy atom. The van der Waals surface area contributed by atoms with Crippen molar-refractivity contribution in [2.45, 2.75) is 19.8 Å². The van der Waals surface area contributed by atoms with E-state index >= 15 is 0 Å². The molecule has 1 aromatic heterocycles. The van der Waals surface area contributed by atoms with Crippen molar-refractivity contribution in [1.29, 1.82) is 0 Å². The molecule has 0 bridgehead atoms. The number of nitrogens with one attached hydrogen (secondary N) is 1. The fraction of sp³-hybridized carbons (Fsp3) is 0.250. The molecular weight excluding hydrogens is 441 g/mol. The highest BCUT2D eigenvalue weighted by molar-refractivity contribution is 14.1. The van der Waals surface area contributed by atoms with Gasteiger partial charge in [0, 0.05) is 13.7 Å². The van der Waals surface area contributed by atoms with Gasteiger partial charge in [0.15, 0.2) is 0 Å². The van der Waals surface area contributed by atoms with Gasteiger partial charge in [-0.15, -0.1) is 5.10 Å². The van der Waals surface area contributed by atoms with Crippen LogP contribution in [0.25, 0.3) is 0 Å². The van der Waals surface area contributed by atoms with Crippen molar-refractivity contribution in [1.82, 2.24) is 9.59 Å². The second-order valence-corrected chi connectivity index (χ2v) is 7.00. The molecule has 19 heavy (non-hydrogen) atoms. The fourth-order valence-electron chi connectivity index (χ4n) is 1.49. The van der Waals surface area contributed by atoms with Gasteiger partial charge in [-0.1, -0.05) is 18.3 Å². The van der Waals surface area contributed by atoms with Crippen LogP contribution >= 0.6 is 50.1 Å². The van der Waals surface area contributed by atoms with Gasteiger partial charge >= 0.3 is 0 Å². The lowest BCUT2D eigenvalue weighted by molar-refractivity contribution is 0.102. The molecule has 100 valence electrons. The maximum absolute atomic E-state index is 12.2. The number of carbonyl (C=O) groups is 1. The number of rotatable bonds is 3. The van der Waals surface area contributed by atoms with Gasteiger partial charge in [-0.2, -0.15) is 0 Å². The van der Waals surface area contributed by atoms with E-state index in [4.69, 9.17) is 0 Å². The maximum Gasteiger partial charge on any atom is 0.269 e. The zero-order valence-electron chi connectivity index (χ0n) is 10.3. The van der Waals surface area contributed by atoms with Crippen molar-refractivity contribution >= 4 is 61.6 Å². The Morgan fingerprint density at radius 3 is 2.84 bits per heavy atom. The van der Waals surface area contributed by atoms with E-state index in [9.17, 15) is 4.79 Å². The molecule has 0 saturated carbocycles. The fourth-order valence-corrected chi connectivity index (χ4v) is 2.92. The third-order valence-electron chi connectivity index (χ3n) is 2.44. The van der Waals surface area contributed by atoms with Crippen molar-refractivity contribution in [3.05, 3.63) is 36.8 Å². The molecule has 1 N–H and O–H groups in total. The van der Waals surface area contributed by atoms with E-state index in [-0.39, 0.29) is 11.8 Å². The second kappa shape index (κ2) is 6.27. The minimum Gasteiger partial charge on any atom is -0.321 e. The summed E-state index contributed by atoms with van der Waals surface area (Å²) in [6, 6.07) is 5.69. The first-order valence-electron chi connectivity index (χ1n) is 5.57. The summed E-state index contributed by atoms with van der Waals surface area (Å²) in [4.78, 5) is 12.8. The summed E-state index contributed by atoms with van der Waals surface area (Å²) in [5, 5.41) is 6.87. The number of aromatic nitrogens is 2. The van der Waals surface area contributed by atoms with Gasteiger partial charge in [-0.25, -0.2) is 0 Å². The summed E-state index contributed by atoms with van der Waals surface area (Å²) >= 11 is 6.79. The quantitative estimate of drug-likeness (QED) is 0.708. The van der Waals surface area contributed by atoms with Crippen LogP contribution in [0, 0.1) is 3.57 Å². The van der Waals surface area contributed by atoms with E-state index in [1.807, 2.05) is 32.0 Å². The van der Waals surface area contributed by atoms with Crippen LogP contribution in [-0.4, -0.2) is 15.5 Å². The molecule has 4 nitrogen and oxygen atoms in total. The van der Waals surface area contributed by atoms with E-state index in [1.54, 1.807) is 0 Å². The first kappa shape index (κ1) is 14.9. The van der Waals surface area contributed by atoms with E-state index < -0.39 is 0 Å². The number of carbonyl (C=O) groups excluding carboxylic acids is 1. The summed E-state index contributed by atoms with van der Waals surface area (Å²) in [6.45, 7) is 3.99. The van der Waals surface area contributed by atoms with Gasteiger partial charge in [-0.05, 0) is 74.2 Å². The average molecular weight is 452 g/mol. The number of hydrogen-bond acceptors (Lipinski definition) is 4. The first-order valence-corrected chi connectivity index (χ1v) is 8.22. The Kier molecular flexibility index (Phi) is 4.91. The molecule has 2 aromatic rings. The number of amides is 1. The zero-order chi connectivity index (χ0) is 14.0. The van der Waals surface area contributed by atoms with Gasteiger partial charge in [0.05, 0.1) is 5.69 Å². The van der Waals surface area contributed by atoms with Gasteiger partial charge < -0.3 is 5.32 Å². The normalized spacial score (nSPS) is 10.8. The molecule has 1 amide bonds. The Hall–Kier alpha value is -0.540. The minimum atomic E-state index is -0.160. The lowest BCUT2D eigenvalue weighted by Crippen LogP contribution is -2.13. The highest BCUT2D eigenvalue weighted by Gasteiger charge is 2.18. The van der Waals surface area contributed by atoms with Gasteiger partial charge in [0.25, 0.3) is 5.91 Å². The van der Waals surface area contributed by atoms with Gasteiger partial charge in [0.1, 0.15) is 4.88 Å². The van der Waals surface area contributed by atoms with Crippen LogP contribution < -0.4 is 5.32 Å². The van der Waals surface area contributed by atoms with Crippen molar-refractivity contribution in [2.24, 2.45) is 0 Å². The lowest BCUT2D eigenvalue weighted by Gasteiger charge is -2.07. The van der Waals surface area contributed by atoms with Gasteiger partial charge in [-0.3, -0.25) is 4.79 Å². The molecule has 0 atom stereocenters. The Balaban J connectivity index is 2.21. The molecule has 1 aromatic carbocycles. The molecule has 1 heterocycles. The SMILES string of the molecule is CC(C)c1nnsc1C(=O)Nc1ccc(I)c(Br)c1. The minimum absolute atomic E-state index is 0.160. The number of benzene rings is 1. The van der Waals surface area contributed by atoms with Crippen molar-refractivity contribution in [3.8, 4) is 0 Å². The third-order valence-corrected chi connectivity index (χ3v) is 5.52. The topological polar surface area (TPSA) is 54.9 Å². The van der Waals surface area contributed by atoms with Crippen LogP contribution in [0.1, 0.15) is 35.1 Å².